The Morgan fingerprint density at radius 3 is 2.83 bits per heavy atom. The second-order valence-corrected chi connectivity index (χ2v) is 8.52. The summed E-state index contributed by atoms with van der Waals surface area (Å²) in [6, 6.07) is 9.73. The van der Waals surface area contributed by atoms with Gasteiger partial charge < -0.3 is 23.9 Å². The standard InChI is InChI=1S/C25H29N5O5/c31-25(27-14-20-2-1-5-26-13-20)21-17-33-24(28-21)16-30(7-6-29-8-10-32-11-9-29)15-19-3-4-22-23(12-19)35-18-34-22/h1-5,12-13,17H,6-11,14-16,18H2,(H,27,31). The summed E-state index contributed by atoms with van der Waals surface area (Å²) in [5.74, 6) is 1.75. The third-order valence-corrected chi connectivity index (χ3v) is 6.00. The second kappa shape index (κ2) is 11.3. The zero-order chi connectivity index (χ0) is 23.9. The lowest BCUT2D eigenvalue weighted by atomic mass is 10.2. The molecule has 184 valence electrons. The Morgan fingerprint density at radius 1 is 1.09 bits per heavy atom. The molecule has 1 fully saturated rings. The van der Waals surface area contributed by atoms with E-state index in [1.807, 2.05) is 30.3 Å². The summed E-state index contributed by atoms with van der Waals surface area (Å²) in [5, 5.41) is 2.85. The van der Waals surface area contributed by atoms with E-state index in [4.69, 9.17) is 18.6 Å². The topological polar surface area (TPSA) is 102 Å². The van der Waals surface area contributed by atoms with E-state index in [-0.39, 0.29) is 18.4 Å². The van der Waals surface area contributed by atoms with Gasteiger partial charge in [-0.25, -0.2) is 4.98 Å². The monoisotopic (exact) mass is 479 g/mol. The van der Waals surface area contributed by atoms with E-state index in [9.17, 15) is 4.79 Å². The highest BCUT2D eigenvalue weighted by atomic mass is 16.7. The van der Waals surface area contributed by atoms with Crippen LogP contribution in [-0.2, 0) is 24.4 Å². The van der Waals surface area contributed by atoms with Crippen LogP contribution in [0.15, 0.2) is 53.4 Å². The molecule has 0 atom stereocenters. The molecule has 10 nitrogen and oxygen atoms in total. The van der Waals surface area contributed by atoms with Crippen LogP contribution in [-0.4, -0.2) is 71.9 Å². The quantitative estimate of drug-likeness (QED) is 0.468. The smallest absolute Gasteiger partial charge is 0.273 e. The molecule has 5 rings (SSSR count). The van der Waals surface area contributed by atoms with Crippen LogP contribution >= 0.6 is 0 Å². The molecular weight excluding hydrogens is 450 g/mol. The molecule has 3 aromatic rings. The Labute approximate surface area is 203 Å². The van der Waals surface area contributed by atoms with Crippen molar-refractivity contribution >= 4 is 5.91 Å². The number of benzene rings is 1. The Hall–Kier alpha value is -3.47. The summed E-state index contributed by atoms with van der Waals surface area (Å²) in [6.45, 7) is 6.91. The van der Waals surface area contributed by atoms with Gasteiger partial charge in [0.2, 0.25) is 12.7 Å². The lowest BCUT2D eigenvalue weighted by Gasteiger charge is -2.29. The van der Waals surface area contributed by atoms with Crippen molar-refractivity contribution in [3.05, 3.63) is 71.7 Å². The van der Waals surface area contributed by atoms with Crippen molar-refractivity contribution in [2.45, 2.75) is 19.6 Å². The second-order valence-electron chi connectivity index (χ2n) is 8.52. The van der Waals surface area contributed by atoms with Gasteiger partial charge >= 0.3 is 0 Å². The molecule has 0 unspecified atom stereocenters. The number of carbonyl (C=O) groups excluding carboxylic acids is 1. The lowest BCUT2D eigenvalue weighted by Crippen LogP contribution is -2.41. The van der Waals surface area contributed by atoms with Crippen LogP contribution in [0.3, 0.4) is 0 Å². The number of rotatable bonds is 10. The minimum atomic E-state index is -0.278. The van der Waals surface area contributed by atoms with Crippen molar-refractivity contribution in [1.82, 2.24) is 25.1 Å². The van der Waals surface area contributed by atoms with Crippen LogP contribution < -0.4 is 14.8 Å². The van der Waals surface area contributed by atoms with Crippen molar-refractivity contribution in [2.75, 3.05) is 46.2 Å². The van der Waals surface area contributed by atoms with E-state index in [1.165, 1.54) is 6.26 Å². The van der Waals surface area contributed by atoms with E-state index in [1.54, 1.807) is 12.4 Å². The Bertz CT molecular complexity index is 1120. The third-order valence-electron chi connectivity index (χ3n) is 6.00. The average molecular weight is 480 g/mol. The predicted octanol–water partition coefficient (Wildman–Crippen LogP) is 2.06. The highest BCUT2D eigenvalue weighted by Crippen LogP contribution is 2.32. The van der Waals surface area contributed by atoms with Crippen LogP contribution in [0.1, 0.15) is 27.5 Å². The molecule has 1 aromatic carbocycles. The third kappa shape index (κ3) is 6.36. The number of oxazole rings is 1. The minimum absolute atomic E-state index is 0.251. The molecule has 1 saturated heterocycles. The number of aromatic nitrogens is 2. The van der Waals surface area contributed by atoms with Gasteiger partial charge in [-0.05, 0) is 29.3 Å². The molecule has 0 bridgehead atoms. The summed E-state index contributed by atoms with van der Waals surface area (Å²) in [5.41, 5.74) is 2.29. The van der Waals surface area contributed by atoms with Gasteiger partial charge in [0.15, 0.2) is 17.2 Å². The molecule has 0 spiro atoms. The maximum atomic E-state index is 12.5. The van der Waals surface area contributed by atoms with Crippen molar-refractivity contribution in [3.63, 3.8) is 0 Å². The van der Waals surface area contributed by atoms with Crippen molar-refractivity contribution < 1.29 is 23.4 Å². The fourth-order valence-corrected chi connectivity index (χ4v) is 4.07. The number of pyridine rings is 1. The molecule has 1 amide bonds. The highest BCUT2D eigenvalue weighted by molar-refractivity contribution is 5.91. The number of ether oxygens (including phenoxy) is 3. The van der Waals surface area contributed by atoms with E-state index in [0.29, 0.717) is 25.5 Å². The average Bonchev–Trinajstić information content (AvgIpc) is 3.56. The normalized spacial score (nSPS) is 15.5. The molecule has 4 heterocycles. The Kier molecular flexibility index (Phi) is 7.52. The number of nitrogens with zero attached hydrogens (tertiary/aromatic N) is 4. The number of carbonyl (C=O) groups is 1. The summed E-state index contributed by atoms with van der Waals surface area (Å²) in [6.07, 6.45) is 4.83. The molecule has 35 heavy (non-hydrogen) atoms. The summed E-state index contributed by atoms with van der Waals surface area (Å²) in [4.78, 5) is 25.7. The zero-order valence-electron chi connectivity index (χ0n) is 19.5. The van der Waals surface area contributed by atoms with E-state index in [0.717, 1.165) is 62.0 Å². The maximum Gasteiger partial charge on any atom is 0.273 e. The van der Waals surface area contributed by atoms with Gasteiger partial charge in [-0.2, -0.15) is 0 Å². The first-order valence-corrected chi connectivity index (χ1v) is 11.8. The largest absolute Gasteiger partial charge is 0.454 e. The summed E-state index contributed by atoms with van der Waals surface area (Å²) >= 11 is 0. The maximum absolute atomic E-state index is 12.5. The number of nitrogens with one attached hydrogen (secondary N) is 1. The van der Waals surface area contributed by atoms with Gasteiger partial charge in [0.1, 0.15) is 6.26 Å². The highest BCUT2D eigenvalue weighted by Gasteiger charge is 2.19. The Morgan fingerprint density at radius 2 is 1.97 bits per heavy atom. The van der Waals surface area contributed by atoms with Gasteiger partial charge in [0, 0.05) is 51.7 Å². The van der Waals surface area contributed by atoms with Crippen LogP contribution in [0.4, 0.5) is 0 Å². The van der Waals surface area contributed by atoms with Crippen LogP contribution in [0.25, 0.3) is 0 Å². The van der Waals surface area contributed by atoms with Crippen molar-refractivity contribution in [3.8, 4) is 11.5 Å². The lowest BCUT2D eigenvalue weighted by molar-refractivity contribution is 0.0320. The molecule has 2 aliphatic heterocycles. The first kappa shape index (κ1) is 23.3. The van der Waals surface area contributed by atoms with Crippen molar-refractivity contribution in [1.29, 1.82) is 0 Å². The van der Waals surface area contributed by atoms with Crippen LogP contribution in [0, 0.1) is 0 Å². The molecule has 0 saturated carbocycles. The van der Waals surface area contributed by atoms with Gasteiger partial charge in [-0.3, -0.25) is 19.6 Å². The van der Waals surface area contributed by atoms with Crippen LogP contribution in [0.2, 0.25) is 0 Å². The van der Waals surface area contributed by atoms with E-state index in [2.05, 4.69) is 25.1 Å². The number of hydrogen-bond acceptors (Lipinski definition) is 9. The number of hydrogen-bond donors (Lipinski definition) is 1. The number of amides is 1. The number of morpholine rings is 1. The fourth-order valence-electron chi connectivity index (χ4n) is 4.07. The van der Waals surface area contributed by atoms with E-state index < -0.39 is 0 Å². The molecular formula is C25H29N5O5. The van der Waals surface area contributed by atoms with Crippen molar-refractivity contribution in [2.24, 2.45) is 0 Å². The zero-order valence-corrected chi connectivity index (χ0v) is 19.5. The fraction of sp³-hybridized carbons (Fsp3) is 0.400. The molecule has 0 aliphatic carbocycles. The van der Waals surface area contributed by atoms with Gasteiger partial charge in [0.05, 0.1) is 19.8 Å². The molecule has 10 heteroatoms. The molecule has 0 radical (unpaired) electrons. The van der Waals surface area contributed by atoms with Gasteiger partial charge in [-0.1, -0.05) is 12.1 Å². The van der Waals surface area contributed by atoms with Crippen LogP contribution in [0.5, 0.6) is 11.5 Å². The number of fused-ring (bicyclic) bond motifs is 1. The summed E-state index contributed by atoms with van der Waals surface area (Å²) in [7, 11) is 0. The Balaban J connectivity index is 1.22. The first-order chi connectivity index (χ1) is 17.2. The summed E-state index contributed by atoms with van der Waals surface area (Å²) < 4.78 is 22.1. The predicted molar refractivity (Wildman–Crippen MR) is 126 cm³/mol. The SMILES string of the molecule is O=C(NCc1cccnc1)c1coc(CN(CCN2CCOCC2)Cc2ccc3c(c2)OCO3)n1. The molecule has 2 aromatic heterocycles. The van der Waals surface area contributed by atoms with Gasteiger partial charge in [0.25, 0.3) is 5.91 Å². The van der Waals surface area contributed by atoms with Gasteiger partial charge in [-0.15, -0.1) is 0 Å². The molecule has 1 N–H and O–H groups in total. The minimum Gasteiger partial charge on any atom is -0.454 e. The molecule has 2 aliphatic rings. The first-order valence-electron chi connectivity index (χ1n) is 11.8. The van der Waals surface area contributed by atoms with E-state index >= 15 is 0 Å².